The number of para-hydroxylation sites is 1. The summed E-state index contributed by atoms with van der Waals surface area (Å²) < 4.78 is 322. The molecule has 3 aliphatic heterocycles. The lowest BCUT2D eigenvalue weighted by Gasteiger charge is -2.20. The van der Waals surface area contributed by atoms with Crippen molar-refractivity contribution >= 4 is 50.9 Å². The molecule has 10 aromatic rings. The lowest BCUT2D eigenvalue weighted by Crippen LogP contribution is -2.20. The van der Waals surface area contributed by atoms with E-state index >= 15 is 70.2 Å². The number of halogens is 20. The van der Waals surface area contributed by atoms with E-state index < -0.39 is 236 Å². The number of hydrogen-bond donors (Lipinski definition) is 2. The van der Waals surface area contributed by atoms with Gasteiger partial charge in [0.1, 0.15) is 11.3 Å². The van der Waals surface area contributed by atoms with Gasteiger partial charge in [-0.25, -0.2) is 92.8 Å². The van der Waals surface area contributed by atoms with Gasteiger partial charge in [-0.15, -0.1) is 0 Å². The predicted octanol–water partition coefficient (Wildman–Crippen LogP) is 17.1. The molecule has 0 radical (unpaired) electrons. The quantitative estimate of drug-likeness (QED) is 0.0983. The number of nitrogens with one attached hydrogen (secondary N) is 2. The molecule has 0 saturated carbocycles. The second-order valence-electron chi connectivity index (χ2n) is 20.1. The second-order valence-corrected chi connectivity index (χ2v) is 20.1. The summed E-state index contributed by atoms with van der Waals surface area (Å²) in [6.45, 7) is -1.13. The number of benzene rings is 6. The molecule has 3 aliphatic rings. The number of nitrogens with zero attached hydrogens (tertiary/aromatic N) is 3. The molecular formula is C61H23F20N5O2. The van der Waals surface area contributed by atoms with Crippen LogP contribution in [-0.4, -0.2) is 33.0 Å². The van der Waals surface area contributed by atoms with Crippen molar-refractivity contribution < 1.29 is 92.2 Å². The fraction of sp³-hybridized carbons (Fsp3) is 0.0656. The van der Waals surface area contributed by atoms with Gasteiger partial charge in [-0.3, -0.25) is 9.78 Å². The minimum absolute atomic E-state index is 0.0494. The maximum atomic E-state index is 16.7. The Balaban J connectivity index is 1.21. The van der Waals surface area contributed by atoms with Gasteiger partial charge in [0.05, 0.1) is 50.4 Å². The number of aromatic amines is 2. The first-order valence-corrected chi connectivity index (χ1v) is 25.3. The molecule has 4 aromatic heterocycles. The lowest BCUT2D eigenvalue weighted by atomic mass is 9.86. The Morgan fingerprint density at radius 3 is 1.08 bits per heavy atom. The summed E-state index contributed by atoms with van der Waals surface area (Å²) in [7, 11) is 0. The molecule has 6 aromatic carbocycles. The van der Waals surface area contributed by atoms with Crippen LogP contribution in [0.15, 0.2) is 88.1 Å². The maximum Gasteiger partial charge on any atom is 0.200 e. The van der Waals surface area contributed by atoms with Crippen LogP contribution in [0.2, 0.25) is 0 Å². The van der Waals surface area contributed by atoms with Crippen LogP contribution in [0.3, 0.4) is 0 Å². The fourth-order valence-electron chi connectivity index (χ4n) is 11.3. The van der Waals surface area contributed by atoms with Crippen molar-refractivity contribution in [2.24, 2.45) is 0 Å². The minimum atomic E-state index is -2.73. The van der Waals surface area contributed by atoms with Crippen molar-refractivity contribution in [2.75, 3.05) is 18.0 Å². The van der Waals surface area contributed by atoms with E-state index in [1.807, 2.05) is 0 Å². The number of hydrogen-bond acceptors (Lipinski definition) is 5. The Bertz CT molecular complexity index is 4700. The van der Waals surface area contributed by atoms with Crippen LogP contribution in [0.1, 0.15) is 34.6 Å². The standard InChI is InChI=1S/C61H23F20N5O2/c62-40-36(41(63)49(71)56(78)48(40)70)32-23-9-10-24(82-23)33(37-42(64)50(72)57(79)51(73)43(37)65)26-12-14-28(84-26)35(39-46(68)54(76)59(81)55(77)47(39)69)61-22-17-86(19-7-5-18(6-8-19)31-15-29(87)20-3-1-2-4-30(20)88-31)16-21(22)60(85-61)34(27-13-11-25(32)83-27)38-44(66)52(74)58(80)53(75)45(38)67/h1-15,21-22,83-84H,16-17H2. The molecule has 8 bridgehead atoms. The third kappa shape index (κ3) is 8.32. The van der Waals surface area contributed by atoms with E-state index in [2.05, 4.69) is 19.9 Å². The number of rotatable bonds is 6. The number of aromatic nitrogens is 4. The van der Waals surface area contributed by atoms with Gasteiger partial charge in [0, 0.05) is 86.6 Å². The Morgan fingerprint density at radius 1 is 0.375 bits per heavy atom. The Hall–Kier alpha value is -10.2. The Labute approximate surface area is 475 Å². The van der Waals surface area contributed by atoms with Crippen molar-refractivity contribution in [2.45, 2.75) is 11.8 Å². The van der Waals surface area contributed by atoms with E-state index in [4.69, 9.17) is 4.42 Å². The van der Waals surface area contributed by atoms with E-state index in [1.165, 1.54) is 47.4 Å². The Kier molecular flexibility index (Phi) is 13.2. The molecule has 88 heavy (non-hydrogen) atoms. The summed E-state index contributed by atoms with van der Waals surface area (Å²) in [6, 6.07) is 15.8. The molecule has 444 valence electrons. The lowest BCUT2D eigenvalue weighted by molar-refractivity contribution is 0.381. The van der Waals surface area contributed by atoms with E-state index in [-0.39, 0.29) is 28.0 Å². The van der Waals surface area contributed by atoms with Gasteiger partial charge in [0.2, 0.25) is 23.3 Å². The van der Waals surface area contributed by atoms with Crippen molar-refractivity contribution in [3.8, 4) is 55.8 Å². The van der Waals surface area contributed by atoms with Gasteiger partial charge in [-0.05, 0) is 72.8 Å². The van der Waals surface area contributed by atoms with Gasteiger partial charge in [-0.2, -0.15) is 0 Å². The molecule has 2 unspecified atom stereocenters. The van der Waals surface area contributed by atoms with Gasteiger partial charge in [0.15, 0.2) is 98.5 Å². The van der Waals surface area contributed by atoms with Crippen LogP contribution >= 0.6 is 0 Å². The summed E-state index contributed by atoms with van der Waals surface area (Å²) in [6.07, 6.45) is 1.23. The molecule has 2 atom stereocenters. The molecule has 2 N–H and O–H groups in total. The van der Waals surface area contributed by atoms with Crippen molar-refractivity contribution in [1.82, 2.24) is 19.9 Å². The molecule has 1 saturated heterocycles. The molecule has 1 fully saturated rings. The zero-order chi connectivity index (χ0) is 62.5. The van der Waals surface area contributed by atoms with Crippen LogP contribution in [0.4, 0.5) is 93.5 Å². The summed E-state index contributed by atoms with van der Waals surface area (Å²) in [5.74, 6) is -56.2. The van der Waals surface area contributed by atoms with Crippen LogP contribution < -0.4 is 10.3 Å². The van der Waals surface area contributed by atoms with Crippen molar-refractivity contribution in [3.05, 3.63) is 228 Å². The highest BCUT2D eigenvalue weighted by molar-refractivity contribution is 5.98. The molecule has 27 heteroatoms. The third-order valence-electron chi connectivity index (χ3n) is 15.4. The highest BCUT2D eigenvalue weighted by atomic mass is 19.2. The highest BCUT2D eigenvalue weighted by Crippen LogP contribution is 2.53. The summed E-state index contributed by atoms with van der Waals surface area (Å²) in [5, 5.41) is 0.229. The van der Waals surface area contributed by atoms with Crippen molar-refractivity contribution in [1.29, 1.82) is 0 Å². The molecule has 0 aliphatic carbocycles. The van der Waals surface area contributed by atoms with E-state index in [9.17, 15) is 22.4 Å². The minimum Gasteiger partial charge on any atom is -0.456 e. The first kappa shape index (κ1) is 56.9. The van der Waals surface area contributed by atoms with Gasteiger partial charge < -0.3 is 19.3 Å². The molecule has 7 nitrogen and oxygen atoms in total. The van der Waals surface area contributed by atoms with Gasteiger partial charge in [0.25, 0.3) is 0 Å². The van der Waals surface area contributed by atoms with Crippen LogP contribution in [0, 0.1) is 116 Å². The van der Waals surface area contributed by atoms with Crippen LogP contribution in [-0.2, 0) is 0 Å². The van der Waals surface area contributed by atoms with Gasteiger partial charge >= 0.3 is 0 Å². The molecule has 0 spiro atoms. The fourth-order valence-corrected chi connectivity index (χ4v) is 11.3. The Morgan fingerprint density at radius 2 is 0.705 bits per heavy atom. The SMILES string of the molecule is O=c1cc(-c2ccc(N3CC4c5nc(c(-c6c(F)c(F)c(F)c(F)c6F)c6ccc([nH]6)c(-c6c(F)c(F)c(F)c(F)c6F)c6nc(c(-c7c(F)c(F)c(F)c(F)c7F)c7ccc([nH]7)c5-c5c(F)c(F)c(F)c(F)c5F)C=C6)C4C3)cc2)oc2ccccc12. The number of anilines is 1. The highest BCUT2D eigenvalue weighted by Gasteiger charge is 2.46. The largest absolute Gasteiger partial charge is 0.456 e. The zero-order valence-corrected chi connectivity index (χ0v) is 42.9. The smallest absolute Gasteiger partial charge is 0.200 e. The van der Waals surface area contributed by atoms with Gasteiger partial charge in [-0.1, -0.05) is 12.1 Å². The second kappa shape index (κ2) is 20.5. The first-order chi connectivity index (χ1) is 41.9. The maximum absolute atomic E-state index is 16.7. The number of H-pyrrole nitrogens is 2. The first-order valence-electron chi connectivity index (χ1n) is 25.3. The molecule has 0 amide bonds. The van der Waals surface area contributed by atoms with E-state index in [0.717, 1.165) is 0 Å². The molecular weight excluding hydrogens is 1210 g/mol. The zero-order valence-electron chi connectivity index (χ0n) is 42.9. The van der Waals surface area contributed by atoms with E-state index in [0.29, 0.717) is 36.4 Å². The predicted molar refractivity (Wildman–Crippen MR) is 276 cm³/mol. The summed E-state index contributed by atoms with van der Waals surface area (Å²) in [5.41, 5.74) is -20.0. The summed E-state index contributed by atoms with van der Waals surface area (Å²) in [4.78, 5) is 27.7. The average Bonchev–Trinajstić information content (AvgIpc) is 1.58. The molecule has 13 rings (SSSR count). The normalized spacial score (nSPS) is 14.7. The average molecular weight is 1240 g/mol. The molecule has 7 heterocycles. The topological polar surface area (TPSA) is 90.8 Å². The monoisotopic (exact) mass is 1240 g/mol. The van der Waals surface area contributed by atoms with Crippen molar-refractivity contribution in [3.63, 3.8) is 0 Å². The van der Waals surface area contributed by atoms with E-state index in [1.54, 1.807) is 12.1 Å². The third-order valence-corrected chi connectivity index (χ3v) is 15.4. The number of fused-ring (bicyclic) bond motifs is 12. The summed E-state index contributed by atoms with van der Waals surface area (Å²) >= 11 is 0. The van der Waals surface area contributed by atoms with Crippen LogP contribution in [0.25, 0.3) is 101 Å². The van der Waals surface area contributed by atoms with Crippen LogP contribution in [0.5, 0.6) is 0 Å².